The molecule has 1 rings (SSSR count). The highest BCUT2D eigenvalue weighted by atomic mass is 35.5. The maximum atomic E-state index is 12.6. The van der Waals surface area contributed by atoms with Gasteiger partial charge in [-0.15, -0.1) is 19.0 Å². The second-order valence-electron chi connectivity index (χ2n) is 3.62. The van der Waals surface area contributed by atoms with E-state index in [-0.39, 0.29) is 18.2 Å². The summed E-state index contributed by atoms with van der Waals surface area (Å²) in [5.74, 6) is 0.148. The molecule has 0 spiro atoms. The summed E-state index contributed by atoms with van der Waals surface area (Å²) in [6, 6.07) is 2.98. The minimum absolute atomic E-state index is 0. The maximum Gasteiger partial charge on any atom is 0.416 e. The smallest absolute Gasteiger partial charge is 0.416 e. The van der Waals surface area contributed by atoms with E-state index in [1.54, 1.807) is 6.08 Å². The van der Waals surface area contributed by atoms with Gasteiger partial charge < -0.3 is 10.5 Å². The first kappa shape index (κ1) is 16.8. The summed E-state index contributed by atoms with van der Waals surface area (Å²) in [4.78, 5) is 0. The van der Waals surface area contributed by atoms with Crippen LogP contribution in [0.2, 0.25) is 0 Å². The maximum absolute atomic E-state index is 12.6. The van der Waals surface area contributed by atoms with Crippen LogP contribution in [0.1, 0.15) is 23.6 Å². The average Bonchev–Trinajstić information content (AvgIpc) is 2.27. The molecule has 1 aromatic rings. The molecule has 0 radical (unpaired) electrons. The molecule has 0 bridgehead atoms. The van der Waals surface area contributed by atoms with Crippen LogP contribution in [0.15, 0.2) is 30.9 Å². The van der Waals surface area contributed by atoms with E-state index < -0.39 is 17.8 Å². The van der Waals surface area contributed by atoms with Crippen LogP contribution in [-0.2, 0) is 6.18 Å². The highest BCUT2D eigenvalue weighted by Gasteiger charge is 2.31. The molecule has 0 saturated heterocycles. The minimum Gasteiger partial charge on any atom is -0.497 e. The van der Waals surface area contributed by atoms with Crippen LogP contribution in [0.4, 0.5) is 13.2 Å². The van der Waals surface area contributed by atoms with E-state index in [1.165, 1.54) is 13.2 Å². The Bertz CT molecular complexity index is 407. The van der Waals surface area contributed by atoms with Crippen LogP contribution in [0, 0.1) is 0 Å². The molecule has 0 amide bonds. The Hall–Kier alpha value is -1.20. The number of nitrogens with two attached hydrogens (primary N) is 1. The van der Waals surface area contributed by atoms with Crippen molar-refractivity contribution in [2.75, 3.05) is 7.11 Å². The number of alkyl halides is 3. The Morgan fingerprint density at radius 3 is 2.44 bits per heavy atom. The molecule has 2 nitrogen and oxygen atoms in total. The van der Waals surface area contributed by atoms with Crippen molar-refractivity contribution in [1.29, 1.82) is 0 Å². The van der Waals surface area contributed by atoms with Gasteiger partial charge in [0.2, 0.25) is 0 Å². The van der Waals surface area contributed by atoms with Crippen LogP contribution in [-0.4, -0.2) is 7.11 Å². The third kappa shape index (κ3) is 4.23. The van der Waals surface area contributed by atoms with Crippen molar-refractivity contribution in [3.05, 3.63) is 42.0 Å². The summed E-state index contributed by atoms with van der Waals surface area (Å²) in [5, 5.41) is 0. The van der Waals surface area contributed by atoms with Gasteiger partial charge >= 0.3 is 6.18 Å². The van der Waals surface area contributed by atoms with E-state index in [9.17, 15) is 13.2 Å². The highest BCUT2D eigenvalue weighted by Crippen LogP contribution is 2.34. The Kier molecular flexibility index (Phi) is 6.21. The number of rotatable bonds is 4. The molecule has 1 atom stereocenters. The van der Waals surface area contributed by atoms with Crippen LogP contribution in [0.5, 0.6) is 5.75 Å². The molecule has 2 N–H and O–H groups in total. The first-order valence-corrected chi connectivity index (χ1v) is 5.01. The number of methoxy groups -OCH3 is 1. The summed E-state index contributed by atoms with van der Waals surface area (Å²) in [5.41, 5.74) is 5.37. The normalized spacial score (nSPS) is 12.5. The topological polar surface area (TPSA) is 35.2 Å². The van der Waals surface area contributed by atoms with Crippen molar-refractivity contribution in [3.63, 3.8) is 0 Å². The van der Waals surface area contributed by atoms with Gasteiger partial charge in [-0.2, -0.15) is 13.2 Å². The van der Waals surface area contributed by atoms with Gasteiger partial charge in [-0.25, -0.2) is 0 Å². The van der Waals surface area contributed by atoms with Crippen molar-refractivity contribution in [2.24, 2.45) is 5.73 Å². The highest BCUT2D eigenvalue weighted by molar-refractivity contribution is 5.85. The largest absolute Gasteiger partial charge is 0.497 e. The molecule has 0 aliphatic rings. The summed E-state index contributed by atoms with van der Waals surface area (Å²) in [7, 11) is 1.32. The average molecular weight is 282 g/mol. The first-order chi connectivity index (χ1) is 7.88. The fraction of sp³-hybridized carbons (Fsp3) is 0.333. The number of hydrogen-bond acceptors (Lipinski definition) is 2. The van der Waals surface area contributed by atoms with Crippen molar-refractivity contribution in [1.82, 2.24) is 0 Å². The molecule has 18 heavy (non-hydrogen) atoms. The Morgan fingerprint density at radius 1 is 1.39 bits per heavy atom. The lowest BCUT2D eigenvalue weighted by molar-refractivity contribution is -0.137. The third-order valence-corrected chi connectivity index (χ3v) is 2.34. The van der Waals surface area contributed by atoms with Crippen molar-refractivity contribution >= 4 is 12.4 Å². The Labute approximate surface area is 110 Å². The summed E-state index contributed by atoms with van der Waals surface area (Å²) < 4.78 is 42.7. The van der Waals surface area contributed by atoms with Gasteiger partial charge in [0, 0.05) is 6.04 Å². The predicted molar refractivity (Wildman–Crippen MR) is 67.0 cm³/mol. The second-order valence-corrected chi connectivity index (χ2v) is 3.62. The fourth-order valence-corrected chi connectivity index (χ4v) is 1.43. The van der Waals surface area contributed by atoms with Crippen molar-refractivity contribution in [3.8, 4) is 5.75 Å². The van der Waals surface area contributed by atoms with E-state index in [1.807, 2.05) is 0 Å². The summed E-state index contributed by atoms with van der Waals surface area (Å²) >= 11 is 0. The van der Waals surface area contributed by atoms with E-state index in [2.05, 4.69) is 6.58 Å². The summed E-state index contributed by atoms with van der Waals surface area (Å²) in [6.45, 7) is 3.51. The molecule has 0 saturated carbocycles. The summed E-state index contributed by atoms with van der Waals surface area (Å²) in [6.07, 6.45) is -2.43. The van der Waals surface area contributed by atoms with Gasteiger partial charge in [-0.1, -0.05) is 6.08 Å². The van der Waals surface area contributed by atoms with Crippen LogP contribution in [0.25, 0.3) is 0 Å². The molecule has 0 aliphatic carbocycles. The number of hydrogen-bond donors (Lipinski definition) is 1. The lowest BCUT2D eigenvalue weighted by Gasteiger charge is -2.15. The zero-order valence-corrected chi connectivity index (χ0v) is 10.6. The number of benzene rings is 1. The fourth-order valence-electron chi connectivity index (χ4n) is 1.43. The van der Waals surface area contributed by atoms with E-state index in [4.69, 9.17) is 10.5 Å². The predicted octanol–water partition coefficient (Wildman–Crippen LogP) is 3.71. The zero-order chi connectivity index (χ0) is 13.1. The molecular formula is C12H15ClF3NO. The Balaban J connectivity index is 0.00000289. The monoisotopic (exact) mass is 281 g/mol. The lowest BCUT2D eigenvalue weighted by atomic mass is 10.0. The molecule has 0 fully saturated rings. The molecule has 0 heterocycles. The van der Waals surface area contributed by atoms with Gasteiger partial charge in [0.1, 0.15) is 5.75 Å². The first-order valence-electron chi connectivity index (χ1n) is 5.01. The van der Waals surface area contributed by atoms with Gasteiger partial charge in [0.05, 0.1) is 12.7 Å². The van der Waals surface area contributed by atoms with E-state index in [0.29, 0.717) is 12.0 Å². The van der Waals surface area contributed by atoms with Gasteiger partial charge in [-0.3, -0.25) is 0 Å². The molecular weight excluding hydrogens is 267 g/mol. The van der Waals surface area contributed by atoms with E-state index in [0.717, 1.165) is 12.1 Å². The number of ether oxygens (including phenoxy) is 1. The van der Waals surface area contributed by atoms with Gasteiger partial charge in [-0.05, 0) is 30.2 Å². The zero-order valence-electron chi connectivity index (χ0n) is 9.83. The van der Waals surface area contributed by atoms with Gasteiger partial charge in [0.15, 0.2) is 0 Å². The second kappa shape index (κ2) is 6.66. The molecule has 0 unspecified atom stereocenters. The quantitative estimate of drug-likeness (QED) is 0.854. The molecule has 6 heteroatoms. The van der Waals surface area contributed by atoms with Crippen LogP contribution in [0.3, 0.4) is 0 Å². The van der Waals surface area contributed by atoms with Crippen molar-refractivity contribution in [2.45, 2.75) is 18.6 Å². The molecule has 102 valence electrons. The standard InChI is InChI=1S/C12H14F3NO.ClH/c1-3-4-11(16)8-5-9(12(13,14)15)7-10(6-8)17-2;/h3,5-7,11H,1,4,16H2,2H3;1H/t11-;/m0./s1. The molecule has 0 aromatic heterocycles. The lowest BCUT2D eigenvalue weighted by Crippen LogP contribution is -2.12. The van der Waals surface area contributed by atoms with E-state index >= 15 is 0 Å². The molecule has 0 aliphatic heterocycles. The third-order valence-electron chi connectivity index (χ3n) is 2.34. The SMILES string of the molecule is C=CC[C@H](N)c1cc(OC)cc(C(F)(F)F)c1.Cl. The van der Waals surface area contributed by atoms with Crippen LogP contribution >= 0.6 is 12.4 Å². The van der Waals surface area contributed by atoms with Crippen molar-refractivity contribution < 1.29 is 17.9 Å². The Morgan fingerprint density at radius 2 is 2.00 bits per heavy atom. The molecule has 1 aromatic carbocycles. The minimum atomic E-state index is -4.41. The number of halogens is 4. The van der Waals surface area contributed by atoms with Gasteiger partial charge in [0.25, 0.3) is 0 Å². The van der Waals surface area contributed by atoms with Crippen LogP contribution < -0.4 is 10.5 Å².